The van der Waals surface area contributed by atoms with Crippen LogP contribution < -0.4 is 0 Å². The Hall–Kier alpha value is -0.223. The van der Waals surface area contributed by atoms with E-state index in [1.807, 2.05) is 0 Å². The van der Waals surface area contributed by atoms with E-state index in [4.69, 9.17) is 6.42 Å². The first-order chi connectivity index (χ1) is 2.41. The maximum atomic E-state index is 4.91. The minimum atomic E-state index is 0.978. The Kier molecular flexibility index (Phi) is 3.61. The summed E-state index contributed by atoms with van der Waals surface area (Å²) < 4.78 is 0. The normalized spacial score (nSPS) is 7.00. The topological polar surface area (TPSA) is 0 Å². The number of hydrogen-bond donors (Lipinski definition) is 0. The molecule has 0 saturated heterocycles. The van der Waals surface area contributed by atoms with Crippen molar-refractivity contribution in [2.24, 2.45) is 0 Å². The van der Waals surface area contributed by atoms with Crippen LogP contribution in [0.3, 0.4) is 0 Å². The van der Waals surface area contributed by atoms with E-state index >= 15 is 0 Å². The van der Waals surface area contributed by atoms with Gasteiger partial charge in [0.05, 0.1) is 0 Å². The van der Waals surface area contributed by atoms with Gasteiger partial charge in [-0.2, -0.15) is 0 Å². The van der Waals surface area contributed by atoms with Crippen LogP contribution in [0.1, 0.15) is 6.42 Å². The highest BCUT2D eigenvalue weighted by molar-refractivity contribution is 6.08. The second kappa shape index (κ2) is 3.78. The van der Waals surface area contributed by atoms with Crippen LogP contribution in [-0.4, -0.2) is 10.2 Å². The molecule has 0 fully saturated rings. The van der Waals surface area contributed by atoms with Crippen LogP contribution in [-0.2, 0) is 0 Å². The van der Waals surface area contributed by atoms with Crippen LogP contribution >= 0.6 is 0 Å². The Balaban J connectivity index is 2.48. The molecule has 0 aromatic rings. The number of hydrogen-bond acceptors (Lipinski definition) is 0. The van der Waals surface area contributed by atoms with Crippen molar-refractivity contribution in [2.45, 2.75) is 12.5 Å². The molecular weight excluding hydrogens is 76.1 g/mol. The van der Waals surface area contributed by atoms with Gasteiger partial charge >= 0.3 is 0 Å². The predicted molar refractivity (Wildman–Crippen MR) is 28.2 cm³/mol. The summed E-state index contributed by atoms with van der Waals surface area (Å²) in [5.41, 5.74) is 0. The van der Waals surface area contributed by atoms with Crippen LogP contribution in [0.4, 0.5) is 0 Å². The molecule has 1 heteroatoms. The quantitative estimate of drug-likeness (QED) is 0.305. The molecule has 0 amide bonds. The standard InChI is InChI=1S/C4H8Si/c1-2-3-4-5/h1H,3-4H2,5H3. The van der Waals surface area contributed by atoms with Gasteiger partial charge in [-0.15, -0.1) is 12.3 Å². The molecule has 0 saturated carbocycles. The largest absolute Gasteiger partial charge is 0.120 e. The van der Waals surface area contributed by atoms with Crippen molar-refractivity contribution in [1.29, 1.82) is 0 Å². The van der Waals surface area contributed by atoms with Crippen LogP contribution in [0.25, 0.3) is 0 Å². The third kappa shape index (κ3) is 3.78. The lowest BCUT2D eigenvalue weighted by atomic mass is 10.5. The van der Waals surface area contributed by atoms with Crippen molar-refractivity contribution in [2.75, 3.05) is 0 Å². The molecule has 0 spiro atoms. The van der Waals surface area contributed by atoms with E-state index < -0.39 is 0 Å². The molecule has 0 aliphatic carbocycles. The first kappa shape index (κ1) is 4.78. The molecule has 0 aromatic carbocycles. The Morgan fingerprint density at radius 3 is 2.40 bits per heavy atom. The van der Waals surface area contributed by atoms with E-state index in [-0.39, 0.29) is 0 Å². The molecule has 0 aliphatic heterocycles. The summed E-state index contributed by atoms with van der Waals surface area (Å²) in [6, 6.07) is 1.25. The van der Waals surface area contributed by atoms with Crippen molar-refractivity contribution >= 4 is 10.2 Å². The fourth-order valence-corrected chi connectivity index (χ4v) is 0.433. The molecule has 0 atom stereocenters. The van der Waals surface area contributed by atoms with Gasteiger partial charge < -0.3 is 0 Å². The number of rotatable bonds is 1. The maximum absolute atomic E-state index is 4.91. The van der Waals surface area contributed by atoms with Crippen molar-refractivity contribution in [3.05, 3.63) is 0 Å². The van der Waals surface area contributed by atoms with E-state index in [1.165, 1.54) is 16.3 Å². The zero-order valence-electron chi connectivity index (χ0n) is 3.49. The minimum absolute atomic E-state index is 0.978. The lowest BCUT2D eigenvalue weighted by molar-refractivity contribution is 1.27. The third-order valence-electron chi connectivity index (χ3n) is 0.394. The Morgan fingerprint density at radius 2 is 2.40 bits per heavy atom. The molecule has 0 rings (SSSR count). The van der Waals surface area contributed by atoms with Crippen molar-refractivity contribution in [3.63, 3.8) is 0 Å². The molecule has 0 radical (unpaired) electrons. The first-order valence-corrected chi connectivity index (χ1v) is 3.26. The van der Waals surface area contributed by atoms with Gasteiger partial charge in [0.2, 0.25) is 0 Å². The maximum Gasteiger partial charge on any atom is 0.00547 e. The zero-order valence-corrected chi connectivity index (χ0v) is 5.49. The fraction of sp³-hybridized carbons (Fsp3) is 0.500. The summed E-state index contributed by atoms with van der Waals surface area (Å²) in [4.78, 5) is 0. The molecule has 5 heavy (non-hydrogen) atoms. The summed E-state index contributed by atoms with van der Waals surface area (Å²) in [6.07, 6.45) is 5.89. The van der Waals surface area contributed by atoms with Crippen LogP contribution in [0, 0.1) is 12.3 Å². The monoisotopic (exact) mass is 84.0 g/mol. The van der Waals surface area contributed by atoms with E-state index in [9.17, 15) is 0 Å². The lowest BCUT2D eigenvalue weighted by Gasteiger charge is -1.69. The summed E-state index contributed by atoms with van der Waals surface area (Å²) in [5.74, 6) is 2.55. The molecule has 0 aliphatic rings. The zero-order chi connectivity index (χ0) is 4.12. The summed E-state index contributed by atoms with van der Waals surface area (Å²) in [6.45, 7) is 0. The molecule has 0 N–H and O–H groups in total. The van der Waals surface area contributed by atoms with Crippen molar-refractivity contribution in [3.8, 4) is 12.3 Å². The molecule has 0 unspecified atom stereocenters. The highest BCUT2D eigenvalue weighted by atomic mass is 28.1. The predicted octanol–water partition coefficient (Wildman–Crippen LogP) is -0.207. The first-order valence-electron chi connectivity index (χ1n) is 1.85. The van der Waals surface area contributed by atoms with Gasteiger partial charge in [0.1, 0.15) is 0 Å². The second-order valence-corrected chi connectivity index (χ2v) is 1.95. The molecule has 28 valence electrons. The van der Waals surface area contributed by atoms with Crippen LogP contribution in [0.5, 0.6) is 0 Å². The van der Waals surface area contributed by atoms with E-state index in [0.717, 1.165) is 6.42 Å². The SMILES string of the molecule is C#CCC[SiH3]. The minimum Gasteiger partial charge on any atom is -0.120 e. The summed E-state index contributed by atoms with van der Waals surface area (Å²) in [7, 11) is 1.26. The fourth-order valence-electron chi connectivity index (χ4n) is 0.144. The molecule has 0 bridgehead atoms. The molecular formula is C4H8Si. The molecule has 0 heterocycles. The highest BCUT2D eigenvalue weighted by Gasteiger charge is 1.62. The second-order valence-electron chi connectivity index (χ2n) is 0.954. The van der Waals surface area contributed by atoms with Gasteiger partial charge in [-0.05, 0) is 0 Å². The van der Waals surface area contributed by atoms with Gasteiger partial charge in [0, 0.05) is 16.7 Å². The van der Waals surface area contributed by atoms with Crippen LogP contribution in [0.2, 0.25) is 6.04 Å². The smallest absolute Gasteiger partial charge is 0.00547 e. The average molecular weight is 84.2 g/mol. The van der Waals surface area contributed by atoms with E-state index in [0.29, 0.717) is 0 Å². The Bertz CT molecular complexity index is 42.1. The number of terminal acetylenes is 1. The summed E-state index contributed by atoms with van der Waals surface area (Å²) >= 11 is 0. The highest BCUT2D eigenvalue weighted by Crippen LogP contribution is 1.74. The van der Waals surface area contributed by atoms with E-state index in [1.54, 1.807) is 0 Å². The van der Waals surface area contributed by atoms with Gasteiger partial charge in [-0.3, -0.25) is 0 Å². The van der Waals surface area contributed by atoms with Crippen molar-refractivity contribution < 1.29 is 0 Å². The van der Waals surface area contributed by atoms with Gasteiger partial charge in [0.25, 0.3) is 0 Å². The van der Waals surface area contributed by atoms with Crippen LogP contribution in [0.15, 0.2) is 0 Å². The van der Waals surface area contributed by atoms with Gasteiger partial charge in [0.15, 0.2) is 0 Å². The lowest BCUT2D eigenvalue weighted by Crippen LogP contribution is -1.59. The van der Waals surface area contributed by atoms with Gasteiger partial charge in [-0.25, -0.2) is 0 Å². The Labute approximate surface area is 36.0 Å². The Morgan fingerprint density at radius 1 is 1.80 bits per heavy atom. The third-order valence-corrected chi connectivity index (χ3v) is 0.894. The molecule has 0 aromatic heterocycles. The summed E-state index contributed by atoms with van der Waals surface area (Å²) in [5, 5.41) is 0. The van der Waals surface area contributed by atoms with Crippen molar-refractivity contribution in [1.82, 2.24) is 0 Å². The average Bonchev–Trinajstić information content (AvgIpc) is 1.41. The van der Waals surface area contributed by atoms with E-state index in [2.05, 4.69) is 5.92 Å². The van der Waals surface area contributed by atoms with Gasteiger partial charge in [-0.1, -0.05) is 6.04 Å². The molecule has 0 nitrogen and oxygen atoms in total.